The molecule has 1 saturated heterocycles. The Kier molecular flexibility index (Phi) is 5.09. The third-order valence-corrected chi connectivity index (χ3v) is 4.64. The minimum absolute atomic E-state index is 0.251. The lowest BCUT2D eigenvalue weighted by atomic mass is 10.1. The molecule has 0 saturated carbocycles. The number of nitrogen functional groups attached to an aromatic ring is 1. The predicted molar refractivity (Wildman–Crippen MR) is 95.3 cm³/mol. The van der Waals surface area contributed by atoms with E-state index < -0.39 is 5.60 Å². The zero-order valence-corrected chi connectivity index (χ0v) is 15.4. The number of carbonyl (C=O) groups excluding carboxylic acids is 1. The van der Waals surface area contributed by atoms with Gasteiger partial charge in [-0.2, -0.15) is 0 Å². The summed E-state index contributed by atoms with van der Waals surface area (Å²) in [5, 5.41) is 0. The van der Waals surface area contributed by atoms with Gasteiger partial charge in [0.1, 0.15) is 11.4 Å². The normalized spacial score (nSPS) is 17.9. The summed E-state index contributed by atoms with van der Waals surface area (Å²) < 4.78 is 11.2. The van der Waals surface area contributed by atoms with Crippen LogP contribution in [0.2, 0.25) is 0 Å². The number of hydrogen-bond acceptors (Lipinski definition) is 4. The molecule has 0 unspecified atom stereocenters. The van der Waals surface area contributed by atoms with Gasteiger partial charge in [0.2, 0.25) is 0 Å². The number of halogens is 1. The van der Waals surface area contributed by atoms with Crippen LogP contribution in [0.4, 0.5) is 10.5 Å². The molecule has 1 aromatic carbocycles. The molecule has 0 aliphatic carbocycles. The fraction of sp³-hybridized carbons (Fsp3) is 0.562. The molecular formula is C16H23IN2O3. The summed E-state index contributed by atoms with van der Waals surface area (Å²) in [5.74, 6) is 0.800. The van der Waals surface area contributed by atoms with Gasteiger partial charge in [0.05, 0.1) is 0 Å². The highest BCUT2D eigenvalue weighted by Crippen LogP contribution is 2.35. The molecule has 0 radical (unpaired) electrons. The highest BCUT2D eigenvalue weighted by molar-refractivity contribution is 14.1. The van der Waals surface area contributed by atoms with Crippen LogP contribution >= 0.6 is 22.6 Å². The molecule has 22 heavy (non-hydrogen) atoms. The first-order valence-electron chi connectivity index (χ1n) is 7.38. The highest BCUT2D eigenvalue weighted by Gasteiger charge is 2.36. The molecule has 1 aliphatic rings. The van der Waals surface area contributed by atoms with E-state index in [0.717, 1.165) is 24.3 Å². The lowest BCUT2D eigenvalue weighted by Crippen LogP contribution is -2.47. The van der Waals surface area contributed by atoms with Gasteiger partial charge in [-0.25, -0.2) is 4.79 Å². The Balaban J connectivity index is 1.90. The van der Waals surface area contributed by atoms with Crippen molar-refractivity contribution in [3.8, 4) is 5.75 Å². The van der Waals surface area contributed by atoms with Crippen molar-refractivity contribution in [1.82, 2.24) is 4.90 Å². The van der Waals surface area contributed by atoms with Crippen LogP contribution in [0.5, 0.6) is 5.75 Å². The SMILES string of the molecule is CC(C)(C)OC(=O)N1CCC(I)(Oc2ccc(N)cc2)CC1. The minimum atomic E-state index is -0.462. The molecule has 122 valence electrons. The van der Waals surface area contributed by atoms with Crippen molar-refractivity contribution in [2.45, 2.75) is 42.8 Å². The number of hydrogen-bond donors (Lipinski definition) is 1. The fourth-order valence-corrected chi connectivity index (χ4v) is 2.94. The number of ether oxygens (including phenoxy) is 2. The molecule has 0 atom stereocenters. The Labute approximate surface area is 145 Å². The second kappa shape index (κ2) is 6.52. The molecule has 5 nitrogen and oxygen atoms in total. The maximum Gasteiger partial charge on any atom is 0.410 e. The van der Waals surface area contributed by atoms with E-state index in [-0.39, 0.29) is 9.70 Å². The maximum absolute atomic E-state index is 12.1. The number of piperidine rings is 1. The predicted octanol–water partition coefficient (Wildman–Crippen LogP) is 3.81. The number of carbonyl (C=O) groups is 1. The van der Waals surface area contributed by atoms with Crippen molar-refractivity contribution in [3.63, 3.8) is 0 Å². The second-order valence-corrected chi connectivity index (χ2v) is 8.49. The zero-order valence-electron chi connectivity index (χ0n) is 13.3. The second-order valence-electron chi connectivity index (χ2n) is 6.52. The summed E-state index contributed by atoms with van der Waals surface area (Å²) in [5.41, 5.74) is 5.93. The van der Waals surface area contributed by atoms with E-state index in [1.54, 1.807) is 4.90 Å². The first-order valence-corrected chi connectivity index (χ1v) is 8.46. The largest absolute Gasteiger partial charge is 0.477 e. The third-order valence-electron chi connectivity index (χ3n) is 3.34. The van der Waals surface area contributed by atoms with E-state index in [1.807, 2.05) is 45.0 Å². The van der Waals surface area contributed by atoms with Crippen molar-refractivity contribution in [2.24, 2.45) is 0 Å². The van der Waals surface area contributed by atoms with Crippen LogP contribution in [0.25, 0.3) is 0 Å². The number of benzene rings is 1. The van der Waals surface area contributed by atoms with Gasteiger partial charge in [-0.15, -0.1) is 0 Å². The zero-order chi connectivity index (χ0) is 16.4. The minimum Gasteiger partial charge on any atom is -0.477 e. The molecule has 1 heterocycles. The summed E-state index contributed by atoms with van der Waals surface area (Å²) >= 11 is 2.33. The molecule has 1 fully saturated rings. The molecule has 0 bridgehead atoms. The number of likely N-dealkylation sites (tertiary alicyclic amines) is 1. The Morgan fingerprint density at radius 3 is 2.27 bits per heavy atom. The first-order chi connectivity index (χ1) is 10.2. The number of alkyl halides is 1. The maximum atomic E-state index is 12.1. The molecule has 2 rings (SSSR count). The molecule has 2 N–H and O–H groups in total. The van der Waals surface area contributed by atoms with Crippen LogP contribution in [0.1, 0.15) is 33.6 Å². The Morgan fingerprint density at radius 1 is 1.23 bits per heavy atom. The van der Waals surface area contributed by atoms with Crippen molar-refractivity contribution in [3.05, 3.63) is 24.3 Å². The molecule has 6 heteroatoms. The number of anilines is 1. The van der Waals surface area contributed by atoms with Gasteiger partial charge in [0.25, 0.3) is 0 Å². The van der Waals surface area contributed by atoms with Gasteiger partial charge in [-0.1, -0.05) is 0 Å². The number of nitrogens with zero attached hydrogens (tertiary/aromatic N) is 1. The average molecular weight is 418 g/mol. The smallest absolute Gasteiger partial charge is 0.410 e. The van der Waals surface area contributed by atoms with Crippen molar-refractivity contribution in [1.29, 1.82) is 0 Å². The molecular weight excluding hydrogens is 395 g/mol. The van der Waals surface area contributed by atoms with Gasteiger partial charge in [-0.3, -0.25) is 0 Å². The van der Waals surface area contributed by atoms with Crippen molar-refractivity contribution in [2.75, 3.05) is 18.8 Å². The van der Waals surface area contributed by atoms with E-state index in [1.165, 1.54) is 0 Å². The highest BCUT2D eigenvalue weighted by atomic mass is 127. The van der Waals surface area contributed by atoms with Crippen molar-refractivity contribution >= 4 is 34.4 Å². The van der Waals surface area contributed by atoms with Crippen LogP contribution in [0.15, 0.2) is 24.3 Å². The third kappa shape index (κ3) is 4.93. The Morgan fingerprint density at radius 2 is 1.77 bits per heavy atom. The summed E-state index contributed by atoms with van der Waals surface area (Å²) in [6.07, 6.45) is 1.27. The van der Waals surface area contributed by atoms with Crippen LogP contribution in [0, 0.1) is 0 Å². The van der Waals surface area contributed by atoms with E-state index >= 15 is 0 Å². The van der Waals surface area contributed by atoms with Gasteiger partial charge >= 0.3 is 6.09 Å². The first kappa shape index (κ1) is 17.2. The quantitative estimate of drug-likeness (QED) is 0.451. The molecule has 0 aromatic heterocycles. The molecule has 0 spiro atoms. The van der Waals surface area contributed by atoms with Crippen LogP contribution in [0.3, 0.4) is 0 Å². The Hall–Kier alpha value is -1.18. The summed E-state index contributed by atoms with van der Waals surface area (Å²) in [7, 11) is 0. The van der Waals surface area contributed by atoms with E-state index in [0.29, 0.717) is 13.1 Å². The molecule has 1 aliphatic heterocycles. The standard InChI is InChI=1S/C16H23IN2O3/c1-15(2,3)22-14(20)19-10-8-16(17,9-11-19)21-13-6-4-12(18)5-7-13/h4-7H,8-11,18H2,1-3H3. The van der Waals surface area contributed by atoms with Gasteiger partial charge in [-0.05, 0) is 67.6 Å². The van der Waals surface area contributed by atoms with Gasteiger partial charge in [0.15, 0.2) is 3.61 Å². The summed E-state index contributed by atoms with van der Waals surface area (Å²) in [4.78, 5) is 13.8. The van der Waals surface area contributed by atoms with E-state index in [2.05, 4.69) is 22.6 Å². The monoisotopic (exact) mass is 418 g/mol. The van der Waals surface area contributed by atoms with Crippen LogP contribution < -0.4 is 10.5 Å². The molecule has 1 aromatic rings. The number of amides is 1. The lowest BCUT2D eigenvalue weighted by molar-refractivity contribution is 0.0107. The van der Waals surface area contributed by atoms with Crippen molar-refractivity contribution < 1.29 is 14.3 Å². The van der Waals surface area contributed by atoms with E-state index in [9.17, 15) is 4.79 Å². The lowest BCUT2D eigenvalue weighted by Gasteiger charge is -2.38. The fourth-order valence-electron chi connectivity index (χ4n) is 2.20. The number of rotatable bonds is 2. The average Bonchev–Trinajstić information content (AvgIpc) is 2.40. The summed E-state index contributed by atoms with van der Waals surface area (Å²) in [6, 6.07) is 7.39. The van der Waals surface area contributed by atoms with Gasteiger partial charge < -0.3 is 20.1 Å². The van der Waals surface area contributed by atoms with Gasteiger partial charge in [0, 0.05) is 31.6 Å². The summed E-state index contributed by atoms with van der Waals surface area (Å²) in [6.45, 7) is 6.89. The van der Waals surface area contributed by atoms with Crippen LogP contribution in [-0.4, -0.2) is 33.3 Å². The topological polar surface area (TPSA) is 64.8 Å². The Bertz CT molecular complexity index is 517. The van der Waals surface area contributed by atoms with Crippen LogP contribution in [-0.2, 0) is 4.74 Å². The molecule has 1 amide bonds. The van der Waals surface area contributed by atoms with E-state index in [4.69, 9.17) is 15.2 Å². The number of nitrogens with two attached hydrogens (primary N) is 1.